The minimum Gasteiger partial charge on any atom is -0.495 e. The van der Waals surface area contributed by atoms with Gasteiger partial charge in [-0.3, -0.25) is 4.79 Å². The maximum Gasteiger partial charge on any atom is 0.244 e. The Kier molecular flexibility index (Phi) is 4.65. The molecule has 0 aromatic heterocycles. The van der Waals surface area contributed by atoms with Crippen molar-refractivity contribution < 1.29 is 13.9 Å². The van der Waals surface area contributed by atoms with Crippen molar-refractivity contribution in [3.05, 3.63) is 58.9 Å². The zero-order valence-electron chi connectivity index (χ0n) is 11.3. The third kappa shape index (κ3) is 3.44. The molecule has 0 aliphatic rings. The summed E-state index contributed by atoms with van der Waals surface area (Å²) in [5.74, 6) is -0.765. The SMILES string of the molecule is COc1ccccc1NC(C(N)=O)c1cc(Cl)ccc1F. The van der Waals surface area contributed by atoms with Crippen LogP contribution in [-0.4, -0.2) is 13.0 Å². The van der Waals surface area contributed by atoms with E-state index in [0.717, 1.165) is 0 Å². The first-order valence-corrected chi connectivity index (χ1v) is 6.54. The lowest BCUT2D eigenvalue weighted by Gasteiger charge is -2.19. The fourth-order valence-corrected chi connectivity index (χ4v) is 2.14. The number of nitrogens with one attached hydrogen (secondary N) is 1. The highest BCUT2D eigenvalue weighted by atomic mass is 35.5. The van der Waals surface area contributed by atoms with Crippen molar-refractivity contribution in [3.63, 3.8) is 0 Å². The van der Waals surface area contributed by atoms with Crippen LogP contribution in [0.3, 0.4) is 0 Å². The number of hydrogen-bond donors (Lipinski definition) is 2. The van der Waals surface area contributed by atoms with Crippen LogP contribution in [0.5, 0.6) is 5.75 Å². The highest BCUT2D eigenvalue weighted by Crippen LogP contribution is 2.29. The molecule has 0 radical (unpaired) electrons. The van der Waals surface area contributed by atoms with Gasteiger partial charge in [-0.15, -0.1) is 0 Å². The zero-order chi connectivity index (χ0) is 15.4. The summed E-state index contributed by atoms with van der Waals surface area (Å²) in [6, 6.07) is 9.88. The highest BCUT2D eigenvalue weighted by Gasteiger charge is 2.22. The predicted octanol–water partition coefficient (Wildman–Crippen LogP) is 3.13. The maximum absolute atomic E-state index is 13.9. The molecule has 0 bridgehead atoms. The van der Waals surface area contributed by atoms with E-state index >= 15 is 0 Å². The molecular weight excluding hydrogens is 295 g/mol. The number of benzene rings is 2. The number of halogens is 2. The fourth-order valence-electron chi connectivity index (χ4n) is 1.96. The number of methoxy groups -OCH3 is 1. The number of rotatable bonds is 5. The molecule has 1 atom stereocenters. The van der Waals surface area contributed by atoms with Gasteiger partial charge in [-0.05, 0) is 30.3 Å². The van der Waals surface area contributed by atoms with Gasteiger partial charge in [0, 0.05) is 10.6 Å². The largest absolute Gasteiger partial charge is 0.495 e. The van der Waals surface area contributed by atoms with Gasteiger partial charge in [-0.1, -0.05) is 23.7 Å². The van der Waals surface area contributed by atoms with Gasteiger partial charge in [0.15, 0.2) is 0 Å². The molecule has 0 fully saturated rings. The van der Waals surface area contributed by atoms with Gasteiger partial charge in [0.2, 0.25) is 5.91 Å². The molecule has 0 aliphatic heterocycles. The lowest BCUT2D eigenvalue weighted by molar-refractivity contribution is -0.118. The summed E-state index contributed by atoms with van der Waals surface area (Å²) < 4.78 is 19.1. The van der Waals surface area contributed by atoms with Gasteiger partial charge in [0.05, 0.1) is 12.8 Å². The third-order valence-electron chi connectivity index (χ3n) is 2.96. The van der Waals surface area contributed by atoms with Gasteiger partial charge in [-0.2, -0.15) is 0 Å². The van der Waals surface area contributed by atoms with Crippen LogP contribution in [0.2, 0.25) is 5.02 Å². The van der Waals surface area contributed by atoms with Crippen LogP contribution in [0.15, 0.2) is 42.5 Å². The molecule has 2 aromatic rings. The molecule has 0 heterocycles. The topological polar surface area (TPSA) is 64.3 Å². The highest BCUT2D eigenvalue weighted by molar-refractivity contribution is 6.30. The molecule has 2 aromatic carbocycles. The van der Waals surface area contributed by atoms with Crippen LogP contribution in [0, 0.1) is 5.82 Å². The first-order chi connectivity index (χ1) is 10.0. The quantitative estimate of drug-likeness (QED) is 0.892. The smallest absolute Gasteiger partial charge is 0.244 e. The van der Waals surface area contributed by atoms with Crippen molar-refractivity contribution in [3.8, 4) is 5.75 Å². The Bertz CT molecular complexity index is 664. The molecule has 3 N–H and O–H groups in total. The molecule has 110 valence electrons. The number of ether oxygens (including phenoxy) is 1. The number of anilines is 1. The minimum absolute atomic E-state index is 0.0842. The molecule has 4 nitrogen and oxygen atoms in total. The molecular formula is C15H14ClFN2O2. The molecule has 0 saturated heterocycles. The Morgan fingerprint density at radius 2 is 2.05 bits per heavy atom. The van der Waals surface area contributed by atoms with E-state index < -0.39 is 17.8 Å². The van der Waals surface area contributed by atoms with Crippen LogP contribution in [0.1, 0.15) is 11.6 Å². The van der Waals surface area contributed by atoms with E-state index in [1.165, 1.54) is 25.3 Å². The molecule has 6 heteroatoms. The lowest BCUT2D eigenvalue weighted by atomic mass is 10.0. The fraction of sp³-hybridized carbons (Fsp3) is 0.133. The molecule has 1 amide bonds. The summed E-state index contributed by atoms with van der Waals surface area (Å²) in [5.41, 5.74) is 5.99. The van der Waals surface area contributed by atoms with E-state index in [1.807, 2.05) is 0 Å². The number of hydrogen-bond acceptors (Lipinski definition) is 3. The van der Waals surface area contributed by atoms with E-state index in [4.69, 9.17) is 22.1 Å². The van der Waals surface area contributed by atoms with Crippen LogP contribution >= 0.6 is 11.6 Å². The molecule has 0 saturated carbocycles. The van der Waals surface area contributed by atoms with E-state index in [1.54, 1.807) is 24.3 Å². The van der Waals surface area contributed by atoms with E-state index in [0.29, 0.717) is 16.5 Å². The van der Waals surface area contributed by atoms with E-state index in [2.05, 4.69) is 5.32 Å². The van der Waals surface area contributed by atoms with Gasteiger partial charge < -0.3 is 15.8 Å². The Balaban J connectivity index is 2.40. The number of amides is 1. The Morgan fingerprint density at radius 3 is 2.71 bits per heavy atom. The average Bonchev–Trinajstić information content (AvgIpc) is 2.47. The van der Waals surface area contributed by atoms with Crippen LogP contribution < -0.4 is 15.8 Å². The minimum atomic E-state index is -1.06. The van der Waals surface area contributed by atoms with Crippen molar-refractivity contribution in [1.82, 2.24) is 0 Å². The van der Waals surface area contributed by atoms with Crippen LogP contribution in [0.4, 0.5) is 10.1 Å². The summed E-state index contributed by atoms with van der Waals surface area (Å²) in [4.78, 5) is 11.7. The van der Waals surface area contributed by atoms with Gasteiger partial charge >= 0.3 is 0 Å². The molecule has 0 aliphatic carbocycles. The number of para-hydroxylation sites is 2. The first kappa shape index (κ1) is 15.1. The van der Waals surface area contributed by atoms with Gasteiger partial charge in [0.25, 0.3) is 0 Å². The number of carbonyl (C=O) groups is 1. The zero-order valence-corrected chi connectivity index (χ0v) is 12.0. The van der Waals surface area contributed by atoms with E-state index in [9.17, 15) is 9.18 Å². The summed E-state index contributed by atoms with van der Waals surface area (Å²) in [6.07, 6.45) is 0. The first-order valence-electron chi connectivity index (χ1n) is 6.16. The molecule has 2 rings (SSSR count). The summed E-state index contributed by atoms with van der Waals surface area (Å²) in [5, 5.41) is 3.20. The van der Waals surface area contributed by atoms with Crippen molar-refractivity contribution in [1.29, 1.82) is 0 Å². The van der Waals surface area contributed by atoms with E-state index in [-0.39, 0.29) is 5.56 Å². The van der Waals surface area contributed by atoms with Crippen LogP contribution in [-0.2, 0) is 4.79 Å². The number of carbonyl (C=O) groups excluding carboxylic acids is 1. The maximum atomic E-state index is 13.9. The Labute approximate surface area is 126 Å². The second-order valence-corrected chi connectivity index (χ2v) is 4.78. The predicted molar refractivity (Wildman–Crippen MR) is 80.0 cm³/mol. The second-order valence-electron chi connectivity index (χ2n) is 4.35. The second kappa shape index (κ2) is 6.45. The summed E-state index contributed by atoms with van der Waals surface area (Å²) >= 11 is 5.86. The Hall–Kier alpha value is -2.27. The number of nitrogens with two attached hydrogens (primary N) is 1. The van der Waals surface area contributed by atoms with Crippen LogP contribution in [0.25, 0.3) is 0 Å². The summed E-state index contributed by atoms with van der Waals surface area (Å²) in [6.45, 7) is 0. The third-order valence-corrected chi connectivity index (χ3v) is 3.20. The van der Waals surface area contributed by atoms with Crippen molar-refractivity contribution in [2.45, 2.75) is 6.04 Å². The van der Waals surface area contributed by atoms with Gasteiger partial charge in [-0.25, -0.2) is 4.39 Å². The van der Waals surface area contributed by atoms with Crippen molar-refractivity contribution in [2.75, 3.05) is 12.4 Å². The molecule has 21 heavy (non-hydrogen) atoms. The average molecular weight is 309 g/mol. The summed E-state index contributed by atoms with van der Waals surface area (Å²) in [7, 11) is 1.50. The molecule has 0 spiro atoms. The monoisotopic (exact) mass is 308 g/mol. The van der Waals surface area contributed by atoms with Crippen molar-refractivity contribution in [2.24, 2.45) is 5.73 Å². The standard InChI is InChI=1S/C15H14ClFN2O2/c1-21-13-5-3-2-4-12(13)19-14(15(18)20)10-8-9(16)6-7-11(10)17/h2-8,14,19H,1H3,(H2,18,20). The number of primary amides is 1. The normalized spacial score (nSPS) is 11.8. The molecule has 1 unspecified atom stereocenters. The Morgan fingerprint density at radius 1 is 1.33 bits per heavy atom. The lowest BCUT2D eigenvalue weighted by Crippen LogP contribution is -2.28. The van der Waals surface area contributed by atoms with Gasteiger partial charge in [0.1, 0.15) is 17.6 Å². The van der Waals surface area contributed by atoms with Crippen molar-refractivity contribution >= 4 is 23.2 Å².